The fraction of sp³-hybridized carbons (Fsp3) is 0.174. The SMILES string of the molecule is COC(=O)NC(=NC1C(=N)C=CC(Sc2ccccc2)=C1Cc1ccc(Cl)cc1)SC. The van der Waals surface area contributed by atoms with Gasteiger partial charge in [-0.2, -0.15) is 0 Å². The van der Waals surface area contributed by atoms with Gasteiger partial charge in [-0.15, -0.1) is 0 Å². The zero-order valence-corrected chi connectivity index (χ0v) is 19.5. The van der Waals surface area contributed by atoms with Gasteiger partial charge in [-0.05, 0) is 60.2 Å². The third-order valence-corrected chi connectivity index (χ3v) is 6.44. The molecule has 0 aromatic heterocycles. The molecule has 1 aliphatic rings. The van der Waals surface area contributed by atoms with Crippen LogP contribution in [0.3, 0.4) is 0 Å². The standard InChI is InChI=1S/C23H22ClN3O2S2/c1-29-23(28)27-22(30-2)26-21-18(14-15-8-10-16(24)11-9-15)20(13-12-19(21)25)31-17-6-4-3-5-7-17/h3-13,21,25H,14H2,1-2H3,(H,26,27,28). The van der Waals surface area contributed by atoms with Gasteiger partial charge in [-0.25, -0.2) is 9.79 Å². The number of rotatable bonds is 5. The lowest BCUT2D eigenvalue weighted by Crippen LogP contribution is -2.32. The summed E-state index contributed by atoms with van der Waals surface area (Å²) in [5, 5.41) is 12.2. The summed E-state index contributed by atoms with van der Waals surface area (Å²) in [4.78, 5) is 18.5. The number of amides is 1. The van der Waals surface area contributed by atoms with Crippen LogP contribution in [0.4, 0.5) is 4.79 Å². The number of thioether (sulfide) groups is 2. The molecule has 0 saturated carbocycles. The predicted octanol–water partition coefficient (Wildman–Crippen LogP) is 5.96. The molecule has 1 unspecified atom stereocenters. The Morgan fingerprint density at radius 1 is 1.16 bits per heavy atom. The van der Waals surface area contributed by atoms with Crippen molar-refractivity contribution in [3.8, 4) is 0 Å². The van der Waals surface area contributed by atoms with E-state index in [0.29, 0.717) is 22.3 Å². The number of ether oxygens (including phenoxy) is 1. The molecule has 0 heterocycles. The van der Waals surface area contributed by atoms with E-state index in [1.165, 1.54) is 18.9 Å². The molecular formula is C23H22ClN3O2S2. The predicted molar refractivity (Wildman–Crippen MR) is 132 cm³/mol. The highest BCUT2D eigenvalue weighted by molar-refractivity contribution is 8.13. The molecule has 0 saturated heterocycles. The average Bonchev–Trinajstić information content (AvgIpc) is 2.79. The van der Waals surface area contributed by atoms with Crippen LogP contribution in [0, 0.1) is 5.41 Å². The number of amidine groups is 1. The lowest BCUT2D eigenvalue weighted by molar-refractivity contribution is 0.177. The minimum Gasteiger partial charge on any atom is -0.453 e. The van der Waals surface area contributed by atoms with Gasteiger partial charge in [-0.1, -0.05) is 65.5 Å². The van der Waals surface area contributed by atoms with E-state index in [-0.39, 0.29) is 0 Å². The van der Waals surface area contributed by atoms with Crippen molar-refractivity contribution in [1.82, 2.24) is 5.32 Å². The molecule has 160 valence electrons. The maximum absolute atomic E-state index is 11.7. The number of aliphatic imine (C=N–C) groups is 1. The van der Waals surface area contributed by atoms with E-state index in [9.17, 15) is 4.79 Å². The third kappa shape index (κ3) is 6.50. The summed E-state index contributed by atoms with van der Waals surface area (Å²) in [6, 6.07) is 17.2. The molecule has 0 bridgehead atoms. The molecule has 1 amide bonds. The van der Waals surface area contributed by atoms with Crippen molar-refractivity contribution in [3.05, 3.63) is 87.8 Å². The molecule has 31 heavy (non-hydrogen) atoms. The fourth-order valence-electron chi connectivity index (χ4n) is 2.95. The van der Waals surface area contributed by atoms with Crippen LogP contribution in [0.5, 0.6) is 0 Å². The summed E-state index contributed by atoms with van der Waals surface area (Å²) < 4.78 is 4.69. The first-order valence-corrected chi connectivity index (χ1v) is 11.9. The van der Waals surface area contributed by atoms with Gasteiger partial charge in [-0.3, -0.25) is 5.32 Å². The number of nitrogens with zero attached hydrogens (tertiary/aromatic N) is 1. The number of allylic oxidation sites excluding steroid dienone is 1. The second-order valence-corrected chi connectivity index (χ2v) is 8.90. The van der Waals surface area contributed by atoms with Gasteiger partial charge in [0.1, 0.15) is 6.04 Å². The van der Waals surface area contributed by atoms with Gasteiger partial charge in [0.15, 0.2) is 5.17 Å². The normalized spacial score (nSPS) is 16.4. The number of nitrogens with one attached hydrogen (secondary N) is 2. The van der Waals surface area contributed by atoms with Gasteiger partial charge < -0.3 is 10.1 Å². The Labute approximate surface area is 195 Å². The highest BCUT2D eigenvalue weighted by Gasteiger charge is 2.26. The third-order valence-electron chi connectivity index (χ3n) is 4.47. The van der Waals surface area contributed by atoms with Crippen molar-refractivity contribution in [2.75, 3.05) is 13.4 Å². The van der Waals surface area contributed by atoms with E-state index in [1.807, 2.05) is 54.8 Å². The molecule has 1 atom stereocenters. The first kappa shape index (κ1) is 23.2. The number of methoxy groups -OCH3 is 1. The number of alkyl carbamates (subject to hydrolysis) is 1. The first-order chi connectivity index (χ1) is 15.0. The number of benzene rings is 2. The van der Waals surface area contributed by atoms with Gasteiger partial charge in [0.05, 0.1) is 12.8 Å². The molecule has 3 rings (SSSR count). The second-order valence-electron chi connectivity index (χ2n) is 6.55. The van der Waals surface area contributed by atoms with Gasteiger partial charge in [0.2, 0.25) is 0 Å². The van der Waals surface area contributed by atoms with E-state index in [2.05, 4.69) is 17.4 Å². The summed E-state index contributed by atoms with van der Waals surface area (Å²) in [7, 11) is 1.30. The van der Waals surface area contributed by atoms with Crippen LogP contribution >= 0.6 is 35.1 Å². The van der Waals surface area contributed by atoms with Gasteiger partial charge in [0, 0.05) is 14.8 Å². The molecule has 5 nitrogen and oxygen atoms in total. The molecule has 8 heteroatoms. The highest BCUT2D eigenvalue weighted by atomic mass is 35.5. The summed E-state index contributed by atoms with van der Waals surface area (Å²) >= 11 is 8.99. The van der Waals surface area contributed by atoms with Crippen LogP contribution in [-0.2, 0) is 11.2 Å². The van der Waals surface area contributed by atoms with Crippen LogP contribution in [0.2, 0.25) is 5.02 Å². The molecule has 0 radical (unpaired) electrons. The highest BCUT2D eigenvalue weighted by Crippen LogP contribution is 2.36. The van der Waals surface area contributed by atoms with E-state index in [4.69, 9.17) is 26.7 Å². The number of carbonyl (C=O) groups excluding carboxylic acids is 1. The fourth-order valence-corrected chi connectivity index (χ4v) is 4.47. The van der Waals surface area contributed by atoms with E-state index < -0.39 is 12.1 Å². The molecule has 1 aliphatic carbocycles. The molecular weight excluding hydrogens is 450 g/mol. The largest absolute Gasteiger partial charge is 0.453 e. The van der Waals surface area contributed by atoms with E-state index in [0.717, 1.165) is 20.9 Å². The Bertz CT molecular complexity index is 1030. The number of hydrogen-bond acceptors (Lipinski definition) is 6. The van der Waals surface area contributed by atoms with Gasteiger partial charge >= 0.3 is 6.09 Å². The van der Waals surface area contributed by atoms with Crippen molar-refractivity contribution >= 4 is 52.1 Å². The van der Waals surface area contributed by atoms with Crippen molar-refractivity contribution in [2.45, 2.75) is 17.4 Å². The molecule has 0 fully saturated rings. The van der Waals surface area contributed by atoms with Crippen LogP contribution < -0.4 is 5.32 Å². The van der Waals surface area contributed by atoms with Crippen LogP contribution in [-0.4, -0.2) is 36.4 Å². The molecule has 2 aromatic rings. The van der Waals surface area contributed by atoms with Gasteiger partial charge in [0.25, 0.3) is 0 Å². The number of carbonyl (C=O) groups is 1. The quantitative estimate of drug-likeness (QED) is 0.416. The Morgan fingerprint density at radius 2 is 1.87 bits per heavy atom. The van der Waals surface area contributed by atoms with Crippen molar-refractivity contribution < 1.29 is 9.53 Å². The molecule has 0 aliphatic heterocycles. The summed E-state index contributed by atoms with van der Waals surface area (Å²) in [6.07, 6.45) is 5.56. The number of halogens is 1. The average molecular weight is 472 g/mol. The Morgan fingerprint density at radius 3 is 2.52 bits per heavy atom. The lowest BCUT2D eigenvalue weighted by Gasteiger charge is -2.24. The number of hydrogen-bond donors (Lipinski definition) is 2. The summed E-state index contributed by atoms with van der Waals surface area (Å²) in [5.74, 6) is 0. The smallest absolute Gasteiger partial charge is 0.412 e. The van der Waals surface area contributed by atoms with Crippen molar-refractivity contribution in [3.63, 3.8) is 0 Å². The first-order valence-electron chi connectivity index (χ1n) is 9.44. The maximum Gasteiger partial charge on any atom is 0.412 e. The molecule has 2 aromatic carbocycles. The summed E-state index contributed by atoms with van der Waals surface area (Å²) in [5.41, 5.74) is 2.42. The maximum atomic E-state index is 11.7. The Balaban J connectivity index is 2.02. The van der Waals surface area contributed by atoms with Crippen LogP contribution in [0.1, 0.15) is 5.56 Å². The van der Waals surface area contributed by atoms with Crippen LogP contribution in [0.15, 0.2) is 87.1 Å². The van der Waals surface area contributed by atoms with Crippen molar-refractivity contribution in [2.24, 2.45) is 4.99 Å². The molecule has 2 N–H and O–H groups in total. The topological polar surface area (TPSA) is 74.5 Å². The van der Waals surface area contributed by atoms with Crippen LogP contribution in [0.25, 0.3) is 0 Å². The minimum absolute atomic E-state index is 0.361. The van der Waals surface area contributed by atoms with E-state index >= 15 is 0 Å². The monoisotopic (exact) mass is 471 g/mol. The molecule has 0 spiro atoms. The zero-order chi connectivity index (χ0) is 22.2. The minimum atomic E-state index is -0.590. The lowest BCUT2D eigenvalue weighted by atomic mass is 9.92. The Kier molecular flexibility index (Phi) is 8.40. The van der Waals surface area contributed by atoms with E-state index in [1.54, 1.807) is 17.8 Å². The summed E-state index contributed by atoms with van der Waals surface area (Å²) in [6.45, 7) is 0. The Hall–Kier alpha value is -2.48. The van der Waals surface area contributed by atoms with Crippen molar-refractivity contribution in [1.29, 1.82) is 5.41 Å². The second kappa shape index (κ2) is 11.2. The zero-order valence-electron chi connectivity index (χ0n) is 17.1.